The minimum Gasteiger partial charge on any atom is -0.313 e. The second-order valence-corrected chi connectivity index (χ2v) is 5.30. The Bertz CT molecular complexity index is 506. The summed E-state index contributed by atoms with van der Waals surface area (Å²) in [7, 11) is 0. The maximum absolute atomic E-state index is 12.7. The Kier molecular flexibility index (Phi) is 4.52. The number of hydrogen-bond acceptors (Lipinski definition) is 2. The highest BCUT2D eigenvalue weighted by atomic mass is 19.4. The fraction of sp³-hybridized carbons (Fsp3) is 0.643. The van der Waals surface area contributed by atoms with Gasteiger partial charge in [0.2, 0.25) is 0 Å². The first kappa shape index (κ1) is 15.1. The molecule has 1 aromatic heterocycles. The molecule has 0 spiro atoms. The molecular formula is C14H19F3N2O. The third kappa shape index (κ3) is 3.85. The van der Waals surface area contributed by atoms with Crippen LogP contribution in [0.25, 0.3) is 0 Å². The molecule has 1 aliphatic carbocycles. The van der Waals surface area contributed by atoms with Gasteiger partial charge in [-0.3, -0.25) is 4.79 Å². The average Bonchev–Trinajstić information content (AvgIpc) is 3.19. The van der Waals surface area contributed by atoms with Gasteiger partial charge in [0.05, 0.1) is 5.56 Å². The first-order valence-electron chi connectivity index (χ1n) is 6.93. The van der Waals surface area contributed by atoms with Crippen LogP contribution < -0.4 is 10.9 Å². The lowest BCUT2D eigenvalue weighted by molar-refractivity contribution is -0.138. The van der Waals surface area contributed by atoms with Crippen molar-refractivity contribution in [1.29, 1.82) is 0 Å². The van der Waals surface area contributed by atoms with Crippen molar-refractivity contribution in [2.45, 2.75) is 44.9 Å². The molecule has 2 rings (SSSR count). The highest BCUT2D eigenvalue weighted by Gasteiger charge is 2.33. The molecule has 0 aliphatic heterocycles. The quantitative estimate of drug-likeness (QED) is 0.873. The number of pyridine rings is 1. The van der Waals surface area contributed by atoms with Gasteiger partial charge in [-0.25, -0.2) is 0 Å². The molecule has 1 atom stereocenters. The van der Waals surface area contributed by atoms with Crippen molar-refractivity contribution in [2.24, 2.45) is 5.92 Å². The molecule has 1 fully saturated rings. The summed E-state index contributed by atoms with van der Waals surface area (Å²) >= 11 is 0. The molecular weight excluding hydrogens is 269 g/mol. The largest absolute Gasteiger partial charge is 0.417 e. The van der Waals surface area contributed by atoms with Crippen molar-refractivity contribution in [3.8, 4) is 0 Å². The van der Waals surface area contributed by atoms with E-state index < -0.39 is 11.7 Å². The van der Waals surface area contributed by atoms with Crippen LogP contribution in [-0.4, -0.2) is 17.2 Å². The zero-order chi connectivity index (χ0) is 14.8. The van der Waals surface area contributed by atoms with E-state index in [9.17, 15) is 18.0 Å². The summed E-state index contributed by atoms with van der Waals surface area (Å²) in [6.07, 6.45) is -0.377. The van der Waals surface area contributed by atoms with Crippen molar-refractivity contribution >= 4 is 0 Å². The molecule has 1 saturated carbocycles. The van der Waals surface area contributed by atoms with Crippen LogP contribution in [0, 0.1) is 5.92 Å². The second-order valence-electron chi connectivity index (χ2n) is 5.30. The summed E-state index contributed by atoms with van der Waals surface area (Å²) in [4.78, 5) is 11.7. The summed E-state index contributed by atoms with van der Waals surface area (Å²) in [5, 5.41) is 3.32. The van der Waals surface area contributed by atoms with Crippen LogP contribution in [0.1, 0.15) is 31.7 Å². The first-order valence-corrected chi connectivity index (χ1v) is 6.93. The predicted molar refractivity (Wildman–Crippen MR) is 70.5 cm³/mol. The molecule has 1 aliphatic rings. The van der Waals surface area contributed by atoms with Gasteiger partial charge in [-0.2, -0.15) is 13.2 Å². The van der Waals surface area contributed by atoms with Gasteiger partial charge >= 0.3 is 6.18 Å². The van der Waals surface area contributed by atoms with Gasteiger partial charge in [0.1, 0.15) is 0 Å². The van der Waals surface area contributed by atoms with E-state index in [1.807, 2.05) is 6.92 Å². The first-order chi connectivity index (χ1) is 9.41. The van der Waals surface area contributed by atoms with Crippen molar-refractivity contribution in [3.05, 3.63) is 34.2 Å². The maximum Gasteiger partial charge on any atom is 0.417 e. The number of aromatic nitrogens is 1. The van der Waals surface area contributed by atoms with Gasteiger partial charge in [0.25, 0.3) is 5.56 Å². The number of hydrogen-bond donors (Lipinski definition) is 1. The van der Waals surface area contributed by atoms with Gasteiger partial charge in [0, 0.05) is 24.8 Å². The molecule has 6 heteroatoms. The topological polar surface area (TPSA) is 34.0 Å². The molecule has 112 valence electrons. The molecule has 3 nitrogen and oxygen atoms in total. The monoisotopic (exact) mass is 288 g/mol. The predicted octanol–water partition coefficient (Wildman–Crippen LogP) is 2.65. The van der Waals surface area contributed by atoms with E-state index in [1.54, 1.807) is 0 Å². The van der Waals surface area contributed by atoms with Gasteiger partial charge in [-0.15, -0.1) is 0 Å². The van der Waals surface area contributed by atoms with Crippen LogP contribution in [0.2, 0.25) is 0 Å². The Morgan fingerprint density at radius 1 is 1.40 bits per heavy atom. The van der Waals surface area contributed by atoms with Crippen molar-refractivity contribution in [3.63, 3.8) is 0 Å². The van der Waals surface area contributed by atoms with E-state index >= 15 is 0 Å². The normalized spacial score (nSPS) is 17.2. The lowest BCUT2D eigenvalue weighted by Gasteiger charge is -2.20. The average molecular weight is 288 g/mol. The molecule has 0 saturated heterocycles. The van der Waals surface area contributed by atoms with Crippen LogP contribution in [0.3, 0.4) is 0 Å². The van der Waals surface area contributed by atoms with Crippen molar-refractivity contribution in [2.75, 3.05) is 6.54 Å². The van der Waals surface area contributed by atoms with Crippen LogP contribution in [-0.2, 0) is 12.7 Å². The molecule has 0 bridgehead atoms. The fourth-order valence-electron chi connectivity index (χ4n) is 2.26. The minimum absolute atomic E-state index is 0.0798. The van der Waals surface area contributed by atoms with Crippen LogP contribution in [0.4, 0.5) is 13.2 Å². The molecule has 20 heavy (non-hydrogen) atoms. The fourth-order valence-corrected chi connectivity index (χ4v) is 2.26. The van der Waals surface area contributed by atoms with E-state index in [0.29, 0.717) is 12.5 Å². The Labute approximate surface area is 115 Å². The molecule has 0 aromatic carbocycles. The van der Waals surface area contributed by atoms with E-state index in [1.165, 1.54) is 4.57 Å². The number of nitrogens with zero attached hydrogens (tertiary/aromatic N) is 1. The number of nitrogens with one attached hydrogen (secondary N) is 1. The van der Waals surface area contributed by atoms with E-state index in [-0.39, 0.29) is 11.6 Å². The summed E-state index contributed by atoms with van der Waals surface area (Å²) in [5.41, 5.74) is -1.16. The van der Waals surface area contributed by atoms with E-state index in [4.69, 9.17) is 0 Å². The Morgan fingerprint density at radius 3 is 2.65 bits per heavy atom. The molecule has 1 N–H and O–H groups in total. The smallest absolute Gasteiger partial charge is 0.313 e. The van der Waals surface area contributed by atoms with Gasteiger partial charge in [-0.1, -0.05) is 6.92 Å². The molecule has 0 amide bonds. The molecule has 1 unspecified atom stereocenters. The lowest BCUT2D eigenvalue weighted by Crippen LogP contribution is -2.38. The Hall–Kier alpha value is -1.30. The van der Waals surface area contributed by atoms with E-state index in [2.05, 4.69) is 5.32 Å². The van der Waals surface area contributed by atoms with Gasteiger partial charge < -0.3 is 9.88 Å². The standard InChI is InChI=1S/C14H19F3N2O/c1-2-7-18-12(10-3-4-10)9-19-8-11(14(15,16)17)5-6-13(19)20/h5-6,8,10,12,18H,2-4,7,9H2,1H3. The van der Waals surface area contributed by atoms with Gasteiger partial charge in [0.15, 0.2) is 0 Å². The SMILES string of the molecule is CCCNC(Cn1cc(C(F)(F)F)ccc1=O)C1CC1. The van der Waals surface area contributed by atoms with Gasteiger partial charge in [-0.05, 0) is 37.8 Å². The molecule has 1 aromatic rings. The lowest BCUT2D eigenvalue weighted by atomic mass is 10.1. The second kappa shape index (κ2) is 5.99. The summed E-state index contributed by atoms with van der Waals surface area (Å²) < 4.78 is 39.2. The Balaban J connectivity index is 2.16. The molecule has 1 heterocycles. The van der Waals surface area contributed by atoms with Crippen LogP contribution in [0.5, 0.6) is 0 Å². The zero-order valence-electron chi connectivity index (χ0n) is 11.4. The van der Waals surface area contributed by atoms with Crippen molar-refractivity contribution in [1.82, 2.24) is 9.88 Å². The third-order valence-corrected chi connectivity index (χ3v) is 3.55. The number of rotatable bonds is 6. The maximum atomic E-state index is 12.7. The summed E-state index contributed by atoms with van der Waals surface area (Å²) in [5.74, 6) is 0.475. The highest BCUT2D eigenvalue weighted by Crippen LogP contribution is 2.33. The summed E-state index contributed by atoms with van der Waals surface area (Å²) in [6, 6.07) is 1.91. The highest BCUT2D eigenvalue weighted by molar-refractivity contribution is 5.14. The van der Waals surface area contributed by atoms with Crippen LogP contribution >= 0.6 is 0 Å². The van der Waals surface area contributed by atoms with E-state index in [0.717, 1.165) is 44.1 Å². The third-order valence-electron chi connectivity index (χ3n) is 3.55. The number of alkyl halides is 3. The van der Waals surface area contributed by atoms with Crippen molar-refractivity contribution < 1.29 is 13.2 Å². The Morgan fingerprint density at radius 2 is 2.10 bits per heavy atom. The molecule has 0 radical (unpaired) electrons. The number of halogens is 3. The van der Waals surface area contributed by atoms with Crippen LogP contribution in [0.15, 0.2) is 23.1 Å². The minimum atomic E-state index is -4.42. The summed E-state index contributed by atoms with van der Waals surface area (Å²) in [6.45, 7) is 3.15. The zero-order valence-corrected chi connectivity index (χ0v) is 11.4.